The third-order valence-corrected chi connectivity index (χ3v) is 0.793. The molecule has 0 aliphatic heterocycles. The molecule has 1 rings (SSSR count). The van der Waals surface area contributed by atoms with Crippen LogP contribution in [0.25, 0.3) is 0 Å². The summed E-state index contributed by atoms with van der Waals surface area (Å²) in [4.78, 5) is 13.4. The summed E-state index contributed by atoms with van der Waals surface area (Å²) in [7, 11) is 0. The van der Waals surface area contributed by atoms with E-state index in [9.17, 15) is 4.91 Å². The lowest BCUT2D eigenvalue weighted by atomic mass is 10.6. The highest BCUT2D eigenvalue weighted by Crippen LogP contribution is 1.90. The number of hydrogen-bond acceptors (Lipinski definition) is 3. The van der Waals surface area contributed by atoms with E-state index in [1.54, 1.807) is 13.1 Å². The van der Waals surface area contributed by atoms with Gasteiger partial charge in [-0.15, -0.1) is 4.91 Å². The predicted octanol–water partition coefficient (Wildman–Crippen LogP) is 0.721. The second-order valence-electron chi connectivity index (χ2n) is 1.48. The zero-order valence-electron chi connectivity index (χ0n) is 4.40. The van der Waals surface area contributed by atoms with E-state index in [0.717, 1.165) is 10.4 Å². The zero-order chi connectivity index (χ0) is 5.98. The molecule has 0 aliphatic carbocycles. The summed E-state index contributed by atoms with van der Waals surface area (Å²) in [6.45, 7) is 1.79. The molecule has 4 nitrogen and oxygen atoms in total. The van der Waals surface area contributed by atoms with E-state index in [0.29, 0.717) is 0 Å². The Hall–Kier alpha value is -1.19. The molecular weight excluding hydrogens is 106 g/mol. The van der Waals surface area contributed by atoms with Gasteiger partial charge < -0.3 is 0 Å². The number of nitroso groups, excluding NO2 is 1. The summed E-state index contributed by atoms with van der Waals surface area (Å²) in [5, 5.41) is 2.60. The van der Waals surface area contributed by atoms with Crippen molar-refractivity contribution in [2.45, 2.75) is 6.92 Å². The SMILES string of the molecule is Cc1cn(N=O)cn1. The quantitative estimate of drug-likeness (QED) is 0.501. The number of rotatable bonds is 1. The molecule has 0 aromatic carbocycles. The predicted molar refractivity (Wildman–Crippen MR) is 28.2 cm³/mol. The Morgan fingerprint density at radius 2 is 2.62 bits per heavy atom. The second kappa shape index (κ2) is 1.73. The highest BCUT2D eigenvalue weighted by molar-refractivity contribution is 4.91. The van der Waals surface area contributed by atoms with Crippen molar-refractivity contribution in [1.82, 2.24) is 9.66 Å². The Bertz CT molecular complexity index is 193. The molecule has 0 fully saturated rings. The van der Waals surface area contributed by atoms with Gasteiger partial charge in [0.25, 0.3) is 0 Å². The molecule has 1 aromatic rings. The van der Waals surface area contributed by atoms with Crippen molar-refractivity contribution in [3.05, 3.63) is 23.1 Å². The summed E-state index contributed by atoms with van der Waals surface area (Å²) in [6.07, 6.45) is 2.91. The number of aromatic nitrogens is 2. The van der Waals surface area contributed by atoms with Gasteiger partial charge in [-0.05, 0) is 6.92 Å². The van der Waals surface area contributed by atoms with Crippen LogP contribution in [-0.4, -0.2) is 9.66 Å². The van der Waals surface area contributed by atoms with Gasteiger partial charge >= 0.3 is 0 Å². The lowest BCUT2D eigenvalue weighted by Crippen LogP contribution is -1.75. The molecule has 0 spiro atoms. The van der Waals surface area contributed by atoms with E-state index in [1.807, 2.05) is 0 Å². The van der Waals surface area contributed by atoms with E-state index in [4.69, 9.17) is 0 Å². The van der Waals surface area contributed by atoms with E-state index >= 15 is 0 Å². The molecule has 1 heterocycles. The van der Waals surface area contributed by atoms with Crippen LogP contribution in [0.1, 0.15) is 5.69 Å². The van der Waals surface area contributed by atoms with Crippen molar-refractivity contribution >= 4 is 0 Å². The van der Waals surface area contributed by atoms with E-state index in [1.165, 1.54) is 6.33 Å². The van der Waals surface area contributed by atoms with Gasteiger partial charge in [-0.1, -0.05) is 0 Å². The van der Waals surface area contributed by atoms with Crippen LogP contribution in [0, 0.1) is 11.8 Å². The number of aryl methyl sites for hydroxylation is 1. The number of imidazole rings is 1. The maximum atomic E-state index is 9.69. The van der Waals surface area contributed by atoms with Gasteiger partial charge in [0.1, 0.15) is 6.33 Å². The summed E-state index contributed by atoms with van der Waals surface area (Å²) in [5.74, 6) is 0. The highest BCUT2D eigenvalue weighted by atomic mass is 16.3. The Balaban J connectivity index is 3.00. The Morgan fingerprint density at radius 3 is 2.88 bits per heavy atom. The molecule has 0 N–H and O–H groups in total. The van der Waals surface area contributed by atoms with Crippen LogP contribution < -0.4 is 0 Å². The van der Waals surface area contributed by atoms with Gasteiger partial charge in [0.2, 0.25) is 0 Å². The molecule has 0 atom stereocenters. The minimum atomic E-state index is 0.796. The average molecular weight is 111 g/mol. The van der Waals surface area contributed by atoms with Crippen LogP contribution in [0.15, 0.2) is 17.8 Å². The first kappa shape index (κ1) is 4.96. The largest absolute Gasteiger partial charge is 0.240 e. The Labute approximate surface area is 46.1 Å². The van der Waals surface area contributed by atoms with E-state index in [-0.39, 0.29) is 0 Å². The van der Waals surface area contributed by atoms with Crippen molar-refractivity contribution < 1.29 is 0 Å². The molecule has 4 heteroatoms. The minimum Gasteiger partial charge on any atom is -0.240 e. The van der Waals surface area contributed by atoms with Crippen molar-refractivity contribution in [2.75, 3.05) is 0 Å². The third-order valence-electron chi connectivity index (χ3n) is 0.793. The molecular formula is C4H5N3O. The van der Waals surface area contributed by atoms with E-state index < -0.39 is 0 Å². The molecule has 0 saturated heterocycles. The van der Waals surface area contributed by atoms with Crippen LogP contribution >= 0.6 is 0 Å². The van der Waals surface area contributed by atoms with Crippen LogP contribution in [-0.2, 0) is 0 Å². The van der Waals surface area contributed by atoms with Crippen molar-refractivity contribution in [1.29, 1.82) is 0 Å². The lowest BCUT2D eigenvalue weighted by molar-refractivity contribution is 0.864. The minimum absolute atomic E-state index is 0.796. The topological polar surface area (TPSA) is 47.2 Å². The van der Waals surface area contributed by atoms with Crippen molar-refractivity contribution in [3.63, 3.8) is 0 Å². The smallest absolute Gasteiger partial charge is 0.120 e. The molecule has 42 valence electrons. The Kier molecular flexibility index (Phi) is 1.07. The van der Waals surface area contributed by atoms with Crippen molar-refractivity contribution in [3.8, 4) is 0 Å². The number of hydrogen-bond donors (Lipinski definition) is 0. The molecule has 8 heavy (non-hydrogen) atoms. The number of nitrogens with zero attached hydrogens (tertiary/aromatic N) is 3. The van der Waals surface area contributed by atoms with Gasteiger partial charge in [-0.25, -0.2) is 4.98 Å². The van der Waals surface area contributed by atoms with Gasteiger partial charge in [-0.2, -0.15) is 4.68 Å². The molecule has 0 bridgehead atoms. The standard InChI is InChI=1S/C4H5N3O/c1-4-2-7(6-8)3-5-4/h2-3H,1H3. The van der Waals surface area contributed by atoms with Crippen LogP contribution in [0.2, 0.25) is 0 Å². The monoisotopic (exact) mass is 111 g/mol. The fourth-order valence-corrected chi connectivity index (χ4v) is 0.453. The molecule has 0 aliphatic rings. The first-order valence-electron chi connectivity index (χ1n) is 2.17. The first-order valence-corrected chi connectivity index (χ1v) is 2.17. The molecule has 0 amide bonds. The van der Waals surface area contributed by atoms with Crippen LogP contribution in [0.5, 0.6) is 0 Å². The third kappa shape index (κ3) is 0.726. The van der Waals surface area contributed by atoms with Gasteiger partial charge in [-0.3, -0.25) is 0 Å². The molecule has 0 radical (unpaired) electrons. The second-order valence-corrected chi connectivity index (χ2v) is 1.48. The molecule has 0 unspecified atom stereocenters. The fraction of sp³-hybridized carbons (Fsp3) is 0.250. The first-order chi connectivity index (χ1) is 3.83. The van der Waals surface area contributed by atoms with Gasteiger partial charge in [0, 0.05) is 0 Å². The van der Waals surface area contributed by atoms with E-state index in [2.05, 4.69) is 10.3 Å². The average Bonchev–Trinajstić information content (AvgIpc) is 2.14. The van der Waals surface area contributed by atoms with Crippen LogP contribution in [0.3, 0.4) is 0 Å². The molecule has 1 aromatic heterocycles. The lowest BCUT2D eigenvalue weighted by Gasteiger charge is -1.75. The van der Waals surface area contributed by atoms with Crippen molar-refractivity contribution in [2.24, 2.45) is 5.29 Å². The summed E-state index contributed by atoms with van der Waals surface area (Å²) in [5.41, 5.74) is 0.796. The summed E-state index contributed by atoms with van der Waals surface area (Å²) in [6, 6.07) is 0. The van der Waals surface area contributed by atoms with Gasteiger partial charge in [0.15, 0.2) is 0 Å². The van der Waals surface area contributed by atoms with Gasteiger partial charge in [0.05, 0.1) is 17.2 Å². The zero-order valence-corrected chi connectivity index (χ0v) is 4.40. The summed E-state index contributed by atoms with van der Waals surface area (Å²) < 4.78 is 1.12. The molecule has 0 saturated carbocycles. The van der Waals surface area contributed by atoms with Crippen LogP contribution in [0.4, 0.5) is 0 Å². The summed E-state index contributed by atoms with van der Waals surface area (Å²) >= 11 is 0. The normalized spacial score (nSPS) is 9.12. The highest BCUT2D eigenvalue weighted by Gasteiger charge is 1.87. The maximum absolute atomic E-state index is 9.69. The maximum Gasteiger partial charge on any atom is 0.120 e. The Morgan fingerprint density at radius 1 is 1.88 bits per heavy atom. The fourth-order valence-electron chi connectivity index (χ4n) is 0.453.